The number of anilines is 1. The molecule has 36 heavy (non-hydrogen) atoms. The fourth-order valence-corrected chi connectivity index (χ4v) is 4.63. The number of fused-ring (bicyclic) bond motifs is 1. The summed E-state index contributed by atoms with van der Waals surface area (Å²) in [5.74, 6) is 2.56. The first-order valence-electron chi connectivity index (χ1n) is 11.3. The number of carbonyl (C=O) groups is 1. The van der Waals surface area contributed by atoms with E-state index >= 15 is 0 Å². The molecule has 0 radical (unpaired) electrons. The molecule has 0 bridgehead atoms. The lowest BCUT2D eigenvalue weighted by atomic mass is 10.2. The largest absolute Gasteiger partial charge is 0.493 e. The van der Waals surface area contributed by atoms with Gasteiger partial charge in [0.25, 0.3) is 5.91 Å². The first-order chi connectivity index (χ1) is 17.0. The highest BCUT2D eigenvalue weighted by Crippen LogP contribution is 2.37. The fourth-order valence-electron chi connectivity index (χ4n) is 3.63. The summed E-state index contributed by atoms with van der Waals surface area (Å²) in [5.41, 5.74) is 1.34. The van der Waals surface area contributed by atoms with Crippen molar-refractivity contribution in [2.24, 2.45) is 0 Å². The van der Waals surface area contributed by atoms with Crippen LogP contribution in [-0.2, 0) is 0 Å². The van der Waals surface area contributed by atoms with Gasteiger partial charge < -0.3 is 19.1 Å². The van der Waals surface area contributed by atoms with Crippen LogP contribution in [0, 0.1) is 0 Å². The molecule has 190 valence electrons. The molecule has 0 atom stereocenters. The van der Waals surface area contributed by atoms with Gasteiger partial charge in [-0.2, -0.15) is 0 Å². The van der Waals surface area contributed by atoms with Crippen molar-refractivity contribution in [3.63, 3.8) is 0 Å². The van der Waals surface area contributed by atoms with Crippen LogP contribution in [0.1, 0.15) is 16.8 Å². The van der Waals surface area contributed by atoms with Crippen LogP contribution in [-0.4, -0.2) is 57.2 Å². The Morgan fingerprint density at radius 2 is 1.53 bits per heavy atom. The molecule has 0 aliphatic rings. The number of ether oxygens (including phenoxy) is 3. The van der Waals surface area contributed by atoms with E-state index in [9.17, 15) is 4.79 Å². The molecular weight excluding hydrogens is 498 g/mol. The fraction of sp³-hybridized carbons (Fsp3) is 0.259. The van der Waals surface area contributed by atoms with E-state index in [-0.39, 0.29) is 18.3 Å². The number of benzene rings is 3. The van der Waals surface area contributed by atoms with Crippen LogP contribution in [0.15, 0.2) is 66.7 Å². The average molecular weight is 528 g/mol. The van der Waals surface area contributed by atoms with Crippen molar-refractivity contribution >= 4 is 45.0 Å². The van der Waals surface area contributed by atoms with Crippen molar-refractivity contribution in [1.29, 1.82) is 0 Å². The van der Waals surface area contributed by atoms with Crippen LogP contribution in [0.4, 0.5) is 5.13 Å². The first kappa shape index (κ1) is 27.3. The van der Waals surface area contributed by atoms with E-state index in [4.69, 9.17) is 19.2 Å². The maximum atomic E-state index is 13.6. The Morgan fingerprint density at radius 3 is 2.17 bits per heavy atom. The Balaban J connectivity index is 0.00000361. The molecule has 4 aromatic rings. The summed E-state index contributed by atoms with van der Waals surface area (Å²) in [6, 6.07) is 20.5. The smallest absolute Gasteiger partial charge is 0.260 e. The van der Waals surface area contributed by atoms with Crippen LogP contribution < -0.4 is 19.1 Å². The first-order valence-corrected chi connectivity index (χ1v) is 12.1. The van der Waals surface area contributed by atoms with Gasteiger partial charge in [0, 0.05) is 24.2 Å². The summed E-state index contributed by atoms with van der Waals surface area (Å²) in [6.45, 7) is 1.41. The van der Waals surface area contributed by atoms with E-state index in [1.54, 1.807) is 31.3 Å². The van der Waals surface area contributed by atoms with Gasteiger partial charge in [0.1, 0.15) is 11.5 Å². The minimum absolute atomic E-state index is 0. The molecule has 0 unspecified atom stereocenters. The monoisotopic (exact) mass is 527 g/mol. The Bertz CT molecular complexity index is 1240. The predicted molar refractivity (Wildman–Crippen MR) is 148 cm³/mol. The SMILES string of the molecule is COc1cc2nc(N(CCCN(C)C)C(=O)c3ccc(Oc4ccccc4)cc3)sc2cc1OC.Cl. The zero-order chi connectivity index (χ0) is 24.8. The van der Waals surface area contributed by atoms with Crippen LogP contribution in [0.25, 0.3) is 10.2 Å². The van der Waals surface area contributed by atoms with Gasteiger partial charge in [-0.15, -0.1) is 12.4 Å². The Kier molecular flexibility index (Phi) is 9.52. The van der Waals surface area contributed by atoms with Crippen LogP contribution in [0.5, 0.6) is 23.0 Å². The normalized spacial score (nSPS) is 10.7. The minimum atomic E-state index is -0.104. The average Bonchev–Trinajstić information content (AvgIpc) is 3.28. The summed E-state index contributed by atoms with van der Waals surface area (Å²) in [7, 11) is 7.24. The number of hydrogen-bond donors (Lipinski definition) is 0. The molecule has 0 fully saturated rings. The highest BCUT2D eigenvalue weighted by molar-refractivity contribution is 7.22. The number of amides is 1. The number of hydrogen-bond acceptors (Lipinski definition) is 7. The van der Waals surface area contributed by atoms with Gasteiger partial charge in [0.05, 0.1) is 24.4 Å². The molecule has 0 aliphatic carbocycles. The van der Waals surface area contributed by atoms with Gasteiger partial charge in [-0.3, -0.25) is 9.69 Å². The van der Waals surface area contributed by atoms with Crippen LogP contribution in [0.3, 0.4) is 0 Å². The lowest BCUT2D eigenvalue weighted by Gasteiger charge is -2.21. The van der Waals surface area contributed by atoms with E-state index in [0.717, 1.165) is 28.9 Å². The van der Waals surface area contributed by atoms with Crippen LogP contribution >= 0.6 is 23.7 Å². The minimum Gasteiger partial charge on any atom is -0.493 e. The maximum absolute atomic E-state index is 13.6. The summed E-state index contributed by atoms with van der Waals surface area (Å²) in [4.78, 5) is 22.2. The number of nitrogens with zero attached hydrogens (tertiary/aromatic N) is 3. The second-order valence-corrected chi connectivity index (χ2v) is 9.23. The molecule has 1 heterocycles. The second-order valence-electron chi connectivity index (χ2n) is 8.22. The Morgan fingerprint density at radius 1 is 0.889 bits per heavy atom. The van der Waals surface area contributed by atoms with Gasteiger partial charge in [-0.05, 0) is 63.5 Å². The van der Waals surface area contributed by atoms with E-state index in [1.807, 2.05) is 68.7 Å². The molecule has 0 aliphatic heterocycles. The topological polar surface area (TPSA) is 64.1 Å². The molecule has 7 nitrogen and oxygen atoms in total. The Labute approximate surface area is 221 Å². The number of carbonyl (C=O) groups excluding carboxylic acids is 1. The molecule has 1 aromatic heterocycles. The number of halogens is 1. The molecule has 4 rings (SSSR count). The second kappa shape index (κ2) is 12.6. The standard InChI is InChI=1S/C27H29N3O4S.ClH/c1-29(2)15-8-16-30(27-28-22-17-23(32-3)24(33-4)18-25(22)35-27)26(31)19-11-13-21(14-12-19)34-20-9-6-5-7-10-20;/h5-7,9-14,17-18H,8,15-16H2,1-4H3;1H. The number of methoxy groups -OCH3 is 2. The molecule has 9 heteroatoms. The zero-order valence-corrected chi connectivity index (χ0v) is 22.4. The molecule has 3 aromatic carbocycles. The molecular formula is C27H30ClN3O4S. The molecule has 0 saturated carbocycles. The molecule has 0 saturated heterocycles. The van der Waals surface area contributed by atoms with E-state index in [1.165, 1.54) is 11.3 Å². The van der Waals surface area contributed by atoms with E-state index in [2.05, 4.69) is 4.90 Å². The van der Waals surface area contributed by atoms with Crippen molar-refractivity contribution in [2.45, 2.75) is 6.42 Å². The van der Waals surface area contributed by atoms with Crippen LogP contribution in [0.2, 0.25) is 0 Å². The van der Waals surface area contributed by atoms with E-state index < -0.39 is 0 Å². The third-order valence-corrected chi connectivity index (χ3v) is 6.47. The van der Waals surface area contributed by atoms with Crippen molar-refractivity contribution in [3.05, 3.63) is 72.3 Å². The third-order valence-electron chi connectivity index (χ3n) is 5.43. The number of thiazole rings is 1. The highest BCUT2D eigenvalue weighted by atomic mass is 35.5. The van der Waals surface area contributed by atoms with Crippen molar-refractivity contribution in [2.75, 3.05) is 46.3 Å². The number of para-hydroxylation sites is 1. The molecule has 0 N–H and O–H groups in total. The van der Waals surface area contributed by atoms with Gasteiger partial charge in [-0.25, -0.2) is 4.98 Å². The van der Waals surface area contributed by atoms with E-state index in [0.29, 0.717) is 34.5 Å². The quantitative estimate of drug-likeness (QED) is 0.247. The molecule has 1 amide bonds. The molecule has 0 spiro atoms. The van der Waals surface area contributed by atoms with Gasteiger partial charge >= 0.3 is 0 Å². The van der Waals surface area contributed by atoms with Crippen molar-refractivity contribution in [1.82, 2.24) is 9.88 Å². The zero-order valence-electron chi connectivity index (χ0n) is 20.8. The summed E-state index contributed by atoms with van der Waals surface area (Å²) < 4.78 is 17.6. The lowest BCUT2D eigenvalue weighted by molar-refractivity contribution is 0.0986. The summed E-state index contributed by atoms with van der Waals surface area (Å²) >= 11 is 1.46. The summed E-state index contributed by atoms with van der Waals surface area (Å²) in [5, 5.41) is 0.642. The van der Waals surface area contributed by atoms with Crippen molar-refractivity contribution < 1.29 is 19.0 Å². The summed E-state index contributed by atoms with van der Waals surface area (Å²) in [6.07, 6.45) is 0.816. The predicted octanol–water partition coefficient (Wildman–Crippen LogP) is 6.13. The Hall–Kier alpha value is -3.33. The van der Waals surface area contributed by atoms with Gasteiger partial charge in [0.2, 0.25) is 0 Å². The van der Waals surface area contributed by atoms with Crippen molar-refractivity contribution in [3.8, 4) is 23.0 Å². The highest BCUT2D eigenvalue weighted by Gasteiger charge is 2.22. The maximum Gasteiger partial charge on any atom is 0.260 e. The third kappa shape index (κ3) is 6.46. The van der Waals surface area contributed by atoms with Gasteiger partial charge in [0.15, 0.2) is 16.6 Å². The lowest BCUT2D eigenvalue weighted by Crippen LogP contribution is -2.33. The number of rotatable bonds is 10. The van der Waals surface area contributed by atoms with Gasteiger partial charge in [-0.1, -0.05) is 29.5 Å². The number of aromatic nitrogens is 1.